The van der Waals surface area contributed by atoms with Gasteiger partial charge < -0.3 is 5.11 Å². The molecule has 0 radical (unpaired) electrons. The number of Topliss-reactive ketones (excluding diaryl/α,β-unsaturated/α-hetero) is 1. The maximum atomic E-state index is 12.9. The third-order valence-corrected chi connectivity index (χ3v) is 7.78. The summed E-state index contributed by atoms with van der Waals surface area (Å²) in [5, 5.41) is 10.7. The van der Waals surface area contributed by atoms with Crippen molar-refractivity contribution in [1.29, 1.82) is 0 Å². The fourth-order valence-corrected chi connectivity index (χ4v) is 4.83. The summed E-state index contributed by atoms with van der Waals surface area (Å²) in [4.78, 5) is 12.9. The van der Waals surface area contributed by atoms with Crippen molar-refractivity contribution >= 4 is 43.2 Å². The topological polar surface area (TPSA) is 37.3 Å². The van der Waals surface area contributed by atoms with E-state index in [9.17, 15) is 9.90 Å². The number of benzene rings is 2. The number of ketones is 1. The Labute approximate surface area is 202 Å². The molecule has 0 amide bonds. The molecule has 2 nitrogen and oxygen atoms in total. The third-order valence-electron chi connectivity index (χ3n) is 5.85. The van der Waals surface area contributed by atoms with Crippen molar-refractivity contribution in [2.24, 2.45) is 5.92 Å². The first kappa shape index (κ1) is 23.7. The van der Waals surface area contributed by atoms with Crippen molar-refractivity contribution < 1.29 is 9.90 Å². The molecule has 1 aliphatic carbocycles. The van der Waals surface area contributed by atoms with E-state index in [-0.39, 0.29) is 17.6 Å². The molecule has 0 heterocycles. The lowest BCUT2D eigenvalue weighted by Crippen LogP contribution is -2.15. The standard InChI is InChI=1S/C27H28Br2O2/c1-14(2)19-12-21(16(5)24(28)26(19)30)23(18-10-8-7-9-11-18)22-13-20(15(3)4)27(31)25(29)17(22)6/h7-15,30H,1-6H3/b23-22-. The zero-order chi connectivity index (χ0) is 23.0. The van der Waals surface area contributed by atoms with Crippen LogP contribution in [-0.4, -0.2) is 10.9 Å². The van der Waals surface area contributed by atoms with E-state index in [1.54, 1.807) is 0 Å². The third kappa shape index (κ3) is 4.38. The van der Waals surface area contributed by atoms with Crippen LogP contribution in [0, 0.1) is 12.8 Å². The largest absolute Gasteiger partial charge is 0.506 e. The molecule has 3 rings (SSSR count). The first-order chi connectivity index (χ1) is 14.6. The van der Waals surface area contributed by atoms with Gasteiger partial charge in [0, 0.05) is 5.57 Å². The van der Waals surface area contributed by atoms with Crippen LogP contribution >= 0.6 is 31.9 Å². The van der Waals surface area contributed by atoms with Crippen molar-refractivity contribution in [3.05, 3.63) is 90.4 Å². The average molecular weight is 544 g/mol. The first-order valence-corrected chi connectivity index (χ1v) is 12.1. The summed E-state index contributed by atoms with van der Waals surface area (Å²) in [7, 11) is 0. The highest BCUT2D eigenvalue weighted by molar-refractivity contribution is 9.12. The van der Waals surface area contributed by atoms with E-state index in [0.717, 1.165) is 44.5 Å². The van der Waals surface area contributed by atoms with Crippen LogP contribution < -0.4 is 0 Å². The van der Waals surface area contributed by atoms with E-state index >= 15 is 0 Å². The maximum absolute atomic E-state index is 12.9. The number of rotatable bonds is 4. The van der Waals surface area contributed by atoms with Gasteiger partial charge in [0.05, 0.1) is 8.96 Å². The van der Waals surface area contributed by atoms with Crippen LogP contribution in [-0.2, 0) is 4.79 Å². The number of halogens is 2. The number of allylic oxidation sites excluding steroid dienone is 5. The Bertz CT molecular complexity index is 1130. The van der Waals surface area contributed by atoms with Gasteiger partial charge in [0.1, 0.15) is 5.75 Å². The number of aromatic hydroxyl groups is 1. The molecule has 2 aromatic carbocycles. The van der Waals surface area contributed by atoms with Gasteiger partial charge in [-0.25, -0.2) is 0 Å². The minimum Gasteiger partial charge on any atom is -0.506 e. The second-order valence-electron chi connectivity index (χ2n) is 8.63. The summed E-state index contributed by atoms with van der Waals surface area (Å²) in [6, 6.07) is 12.3. The molecule has 31 heavy (non-hydrogen) atoms. The van der Waals surface area contributed by atoms with Crippen LogP contribution in [0.2, 0.25) is 0 Å². The molecular weight excluding hydrogens is 516 g/mol. The van der Waals surface area contributed by atoms with Crippen molar-refractivity contribution in [1.82, 2.24) is 0 Å². The quantitative estimate of drug-likeness (QED) is 0.421. The van der Waals surface area contributed by atoms with Crippen molar-refractivity contribution in [2.45, 2.75) is 47.5 Å². The Morgan fingerprint density at radius 3 is 2.13 bits per heavy atom. The van der Waals surface area contributed by atoms with E-state index in [2.05, 4.69) is 63.9 Å². The molecular formula is C27H28Br2O2. The first-order valence-electron chi connectivity index (χ1n) is 10.5. The van der Waals surface area contributed by atoms with Gasteiger partial charge in [0.2, 0.25) is 0 Å². The lowest BCUT2D eigenvalue weighted by atomic mass is 9.81. The van der Waals surface area contributed by atoms with Gasteiger partial charge in [0.15, 0.2) is 5.78 Å². The molecule has 1 N–H and O–H groups in total. The smallest absolute Gasteiger partial charge is 0.196 e. The molecule has 0 bridgehead atoms. The molecule has 4 heteroatoms. The van der Waals surface area contributed by atoms with Gasteiger partial charge >= 0.3 is 0 Å². The van der Waals surface area contributed by atoms with E-state index < -0.39 is 0 Å². The van der Waals surface area contributed by atoms with Crippen LogP contribution in [0.3, 0.4) is 0 Å². The van der Waals surface area contributed by atoms with E-state index in [1.807, 2.05) is 52.0 Å². The van der Waals surface area contributed by atoms with E-state index in [1.165, 1.54) is 0 Å². The number of hydrogen-bond acceptors (Lipinski definition) is 2. The Morgan fingerprint density at radius 1 is 0.968 bits per heavy atom. The highest BCUT2D eigenvalue weighted by atomic mass is 79.9. The maximum Gasteiger partial charge on any atom is 0.196 e. The predicted molar refractivity (Wildman–Crippen MR) is 137 cm³/mol. The van der Waals surface area contributed by atoms with Gasteiger partial charge in [-0.05, 0) is 109 Å². The molecule has 2 aromatic rings. The monoisotopic (exact) mass is 542 g/mol. The van der Waals surface area contributed by atoms with Crippen molar-refractivity contribution in [3.63, 3.8) is 0 Å². The van der Waals surface area contributed by atoms with Crippen LogP contribution in [0.4, 0.5) is 0 Å². The number of phenolic OH excluding ortho intramolecular Hbond substituents is 1. The molecule has 0 fully saturated rings. The Hall–Kier alpha value is -1.91. The summed E-state index contributed by atoms with van der Waals surface area (Å²) in [6.45, 7) is 12.2. The lowest BCUT2D eigenvalue weighted by molar-refractivity contribution is -0.112. The molecule has 0 atom stereocenters. The summed E-state index contributed by atoms with van der Waals surface area (Å²) >= 11 is 7.19. The number of phenols is 1. The second kappa shape index (κ2) is 9.30. The predicted octanol–water partition coefficient (Wildman–Crippen LogP) is 8.22. The lowest BCUT2D eigenvalue weighted by Gasteiger charge is -2.25. The molecule has 0 saturated heterocycles. The van der Waals surface area contributed by atoms with Crippen LogP contribution in [0.25, 0.3) is 5.57 Å². The Balaban J connectivity index is 2.50. The SMILES string of the molecule is CC1=C(Br)C(=O)C(C(C)C)=C/C1=C(\c1ccccc1)c1cc(C(C)C)c(O)c(Br)c1C. The zero-order valence-electron chi connectivity index (χ0n) is 18.8. The van der Waals surface area contributed by atoms with Gasteiger partial charge in [-0.1, -0.05) is 58.0 Å². The fourth-order valence-electron chi connectivity index (χ4n) is 3.95. The van der Waals surface area contributed by atoms with Crippen LogP contribution in [0.1, 0.15) is 62.8 Å². The molecule has 0 spiro atoms. The second-order valence-corrected chi connectivity index (χ2v) is 10.2. The molecule has 162 valence electrons. The fraction of sp³-hybridized carbons (Fsp3) is 0.296. The average Bonchev–Trinajstić information content (AvgIpc) is 2.73. The molecule has 0 aliphatic heterocycles. The molecule has 0 unspecified atom stereocenters. The summed E-state index contributed by atoms with van der Waals surface area (Å²) < 4.78 is 1.32. The molecule has 1 aliphatic rings. The normalized spacial score (nSPS) is 16.3. The minimum absolute atomic E-state index is 0.0511. The molecule has 0 aromatic heterocycles. The number of carbonyl (C=O) groups is 1. The van der Waals surface area contributed by atoms with Crippen molar-refractivity contribution in [3.8, 4) is 5.75 Å². The number of hydrogen-bond donors (Lipinski definition) is 1. The molecule has 0 saturated carbocycles. The van der Waals surface area contributed by atoms with Crippen LogP contribution in [0.15, 0.2) is 68.1 Å². The summed E-state index contributed by atoms with van der Waals surface area (Å²) in [5.74, 6) is 0.615. The van der Waals surface area contributed by atoms with Crippen molar-refractivity contribution in [2.75, 3.05) is 0 Å². The van der Waals surface area contributed by atoms with Gasteiger partial charge in [0.25, 0.3) is 0 Å². The van der Waals surface area contributed by atoms with Gasteiger partial charge in [-0.2, -0.15) is 0 Å². The van der Waals surface area contributed by atoms with Gasteiger partial charge in [-0.3, -0.25) is 4.79 Å². The number of carbonyl (C=O) groups excluding carboxylic acids is 1. The Kier molecular flexibility index (Phi) is 7.12. The summed E-state index contributed by atoms with van der Waals surface area (Å²) in [6.07, 6.45) is 2.05. The van der Waals surface area contributed by atoms with E-state index in [0.29, 0.717) is 14.7 Å². The summed E-state index contributed by atoms with van der Waals surface area (Å²) in [5.41, 5.74) is 7.76. The Morgan fingerprint density at radius 2 is 1.58 bits per heavy atom. The van der Waals surface area contributed by atoms with E-state index in [4.69, 9.17) is 0 Å². The minimum atomic E-state index is 0.0511. The highest BCUT2D eigenvalue weighted by Gasteiger charge is 2.28. The highest BCUT2D eigenvalue weighted by Crippen LogP contribution is 2.44. The van der Waals surface area contributed by atoms with Crippen LogP contribution in [0.5, 0.6) is 5.75 Å². The van der Waals surface area contributed by atoms with Gasteiger partial charge in [-0.15, -0.1) is 0 Å². The zero-order valence-corrected chi connectivity index (χ0v) is 22.0.